The normalized spacial score (nSPS) is 18.1. The van der Waals surface area contributed by atoms with Gasteiger partial charge in [0, 0.05) is 25.4 Å². The number of aliphatic hydroxyl groups excluding tert-OH is 1. The topological polar surface area (TPSA) is 23.5 Å². The van der Waals surface area contributed by atoms with Gasteiger partial charge in [0.1, 0.15) is 5.82 Å². The Hall–Kier alpha value is -1.09. The fraction of sp³-hybridized carbons (Fsp3) is 0.500. The van der Waals surface area contributed by atoms with Gasteiger partial charge in [-0.2, -0.15) is 0 Å². The fourth-order valence-corrected chi connectivity index (χ4v) is 2.05. The molecule has 2 nitrogen and oxygen atoms in total. The molecule has 0 aromatic heterocycles. The van der Waals surface area contributed by atoms with Crippen LogP contribution in [0, 0.1) is 11.7 Å². The Kier molecular flexibility index (Phi) is 3.21. The number of piperidine rings is 1. The summed E-state index contributed by atoms with van der Waals surface area (Å²) in [6.45, 7) is 2.10. The lowest BCUT2D eigenvalue weighted by molar-refractivity contribution is 0.203. The Bertz CT molecular complexity index is 321. The van der Waals surface area contributed by atoms with Crippen molar-refractivity contribution in [1.29, 1.82) is 0 Å². The van der Waals surface area contributed by atoms with Crippen molar-refractivity contribution in [3.63, 3.8) is 0 Å². The molecule has 0 unspecified atom stereocenters. The average Bonchev–Trinajstić information content (AvgIpc) is 2.29. The van der Waals surface area contributed by atoms with Crippen molar-refractivity contribution in [2.24, 2.45) is 5.92 Å². The highest BCUT2D eigenvalue weighted by atomic mass is 19.1. The Morgan fingerprint density at radius 2 is 2.07 bits per heavy atom. The van der Waals surface area contributed by atoms with E-state index in [0.717, 1.165) is 31.6 Å². The van der Waals surface area contributed by atoms with Crippen molar-refractivity contribution in [1.82, 2.24) is 0 Å². The van der Waals surface area contributed by atoms with Crippen molar-refractivity contribution in [3.05, 3.63) is 30.1 Å². The zero-order valence-electron chi connectivity index (χ0n) is 8.69. The van der Waals surface area contributed by atoms with Crippen LogP contribution < -0.4 is 4.90 Å². The molecule has 1 saturated heterocycles. The van der Waals surface area contributed by atoms with E-state index in [0.29, 0.717) is 5.92 Å². The zero-order valence-corrected chi connectivity index (χ0v) is 8.69. The number of rotatable bonds is 2. The molecule has 1 fully saturated rings. The highest BCUT2D eigenvalue weighted by molar-refractivity contribution is 5.46. The Balaban J connectivity index is 2.01. The first kappa shape index (κ1) is 10.4. The molecule has 0 atom stereocenters. The highest BCUT2D eigenvalue weighted by Gasteiger charge is 2.18. The first-order valence-corrected chi connectivity index (χ1v) is 5.41. The van der Waals surface area contributed by atoms with Crippen molar-refractivity contribution in [2.75, 3.05) is 24.6 Å². The van der Waals surface area contributed by atoms with E-state index in [4.69, 9.17) is 5.11 Å². The van der Waals surface area contributed by atoms with Crippen molar-refractivity contribution in [2.45, 2.75) is 12.8 Å². The summed E-state index contributed by atoms with van der Waals surface area (Å²) < 4.78 is 13.0. The van der Waals surface area contributed by atoms with E-state index in [2.05, 4.69) is 4.90 Å². The molecule has 2 rings (SSSR count). The molecule has 1 N–H and O–H groups in total. The first-order chi connectivity index (χ1) is 7.29. The van der Waals surface area contributed by atoms with Crippen molar-refractivity contribution >= 4 is 5.69 Å². The summed E-state index contributed by atoms with van der Waals surface area (Å²) in [7, 11) is 0. The largest absolute Gasteiger partial charge is 0.396 e. The van der Waals surface area contributed by atoms with E-state index in [-0.39, 0.29) is 12.4 Å². The molecule has 1 heterocycles. The minimum Gasteiger partial charge on any atom is -0.396 e. The first-order valence-electron chi connectivity index (χ1n) is 5.41. The quantitative estimate of drug-likeness (QED) is 0.805. The molecule has 1 aliphatic heterocycles. The fourth-order valence-electron chi connectivity index (χ4n) is 2.05. The summed E-state index contributed by atoms with van der Waals surface area (Å²) in [6.07, 6.45) is 1.99. The van der Waals surface area contributed by atoms with Crippen LogP contribution in [0.15, 0.2) is 24.3 Å². The van der Waals surface area contributed by atoms with Crippen LogP contribution in [0.5, 0.6) is 0 Å². The number of hydrogen-bond acceptors (Lipinski definition) is 2. The number of anilines is 1. The Morgan fingerprint density at radius 1 is 1.33 bits per heavy atom. The van der Waals surface area contributed by atoms with Crippen LogP contribution >= 0.6 is 0 Å². The summed E-state index contributed by atoms with van der Waals surface area (Å²) in [6, 6.07) is 6.70. The van der Waals surface area contributed by atoms with Gasteiger partial charge in [0.15, 0.2) is 0 Å². The van der Waals surface area contributed by atoms with Gasteiger partial charge in [-0.05, 0) is 37.0 Å². The minimum atomic E-state index is -0.184. The predicted molar refractivity (Wildman–Crippen MR) is 58.4 cm³/mol. The monoisotopic (exact) mass is 209 g/mol. The summed E-state index contributed by atoms with van der Waals surface area (Å²) >= 11 is 0. The molecule has 0 bridgehead atoms. The second-order valence-corrected chi connectivity index (χ2v) is 4.09. The second-order valence-electron chi connectivity index (χ2n) is 4.09. The number of nitrogens with zero attached hydrogens (tertiary/aromatic N) is 1. The molecule has 0 saturated carbocycles. The van der Waals surface area contributed by atoms with Gasteiger partial charge in [0.25, 0.3) is 0 Å². The summed E-state index contributed by atoms with van der Waals surface area (Å²) in [4.78, 5) is 2.18. The van der Waals surface area contributed by atoms with Crippen molar-refractivity contribution < 1.29 is 9.50 Å². The third-order valence-corrected chi connectivity index (χ3v) is 3.05. The van der Waals surface area contributed by atoms with E-state index in [1.165, 1.54) is 6.07 Å². The average molecular weight is 209 g/mol. The minimum absolute atomic E-state index is 0.184. The van der Waals surface area contributed by atoms with Gasteiger partial charge in [-0.1, -0.05) is 6.07 Å². The summed E-state index contributed by atoms with van der Waals surface area (Å²) in [5.74, 6) is 0.242. The van der Waals surface area contributed by atoms with Crippen LogP contribution in [0.2, 0.25) is 0 Å². The van der Waals surface area contributed by atoms with Crippen molar-refractivity contribution in [3.8, 4) is 0 Å². The maximum Gasteiger partial charge on any atom is 0.125 e. The van der Waals surface area contributed by atoms with Gasteiger partial charge in [-0.3, -0.25) is 0 Å². The standard InChI is InChI=1S/C12H16FNO/c13-11-2-1-3-12(8-11)14-6-4-10(9-15)5-7-14/h1-3,8,10,15H,4-7,9H2. The molecular weight excluding hydrogens is 193 g/mol. The molecule has 1 aromatic carbocycles. The van der Waals surface area contributed by atoms with Crippen LogP contribution in [0.25, 0.3) is 0 Å². The van der Waals surface area contributed by atoms with Crippen LogP contribution in [0.1, 0.15) is 12.8 Å². The molecule has 15 heavy (non-hydrogen) atoms. The molecular formula is C12H16FNO. The van der Waals surface area contributed by atoms with E-state index in [9.17, 15) is 4.39 Å². The molecule has 0 aliphatic carbocycles. The van der Waals surface area contributed by atoms with Gasteiger partial charge in [-0.15, -0.1) is 0 Å². The number of benzene rings is 1. The maximum absolute atomic E-state index is 13.0. The van der Waals surface area contributed by atoms with Crippen LogP contribution in [-0.2, 0) is 0 Å². The molecule has 1 aromatic rings. The summed E-state index contributed by atoms with van der Waals surface area (Å²) in [5.41, 5.74) is 0.950. The van der Waals surface area contributed by atoms with Gasteiger partial charge < -0.3 is 10.0 Å². The third-order valence-electron chi connectivity index (χ3n) is 3.05. The molecule has 0 amide bonds. The second kappa shape index (κ2) is 4.62. The van der Waals surface area contributed by atoms with Gasteiger partial charge in [-0.25, -0.2) is 4.39 Å². The zero-order chi connectivity index (χ0) is 10.7. The maximum atomic E-state index is 13.0. The third kappa shape index (κ3) is 2.48. The van der Waals surface area contributed by atoms with E-state index in [1.54, 1.807) is 12.1 Å². The number of aliphatic hydroxyl groups is 1. The smallest absolute Gasteiger partial charge is 0.125 e. The SMILES string of the molecule is OCC1CCN(c2cccc(F)c2)CC1. The molecule has 0 spiro atoms. The van der Waals surface area contributed by atoms with Gasteiger partial charge in [0.05, 0.1) is 0 Å². The van der Waals surface area contributed by atoms with Gasteiger partial charge in [0.2, 0.25) is 0 Å². The van der Waals surface area contributed by atoms with E-state index >= 15 is 0 Å². The van der Waals surface area contributed by atoms with E-state index in [1.807, 2.05) is 6.07 Å². The Morgan fingerprint density at radius 3 is 2.67 bits per heavy atom. The van der Waals surface area contributed by atoms with Crippen LogP contribution in [0.3, 0.4) is 0 Å². The van der Waals surface area contributed by atoms with Crippen LogP contribution in [0.4, 0.5) is 10.1 Å². The lowest BCUT2D eigenvalue weighted by Gasteiger charge is -2.32. The summed E-state index contributed by atoms with van der Waals surface area (Å²) in [5, 5.41) is 9.01. The lowest BCUT2D eigenvalue weighted by atomic mass is 9.97. The molecule has 0 radical (unpaired) electrons. The van der Waals surface area contributed by atoms with E-state index < -0.39 is 0 Å². The molecule has 3 heteroatoms. The molecule has 82 valence electrons. The van der Waals surface area contributed by atoms with Crippen LogP contribution in [-0.4, -0.2) is 24.8 Å². The number of halogens is 1. The Labute approximate surface area is 89.3 Å². The molecule has 1 aliphatic rings. The number of hydrogen-bond donors (Lipinski definition) is 1. The van der Waals surface area contributed by atoms with Gasteiger partial charge >= 0.3 is 0 Å². The predicted octanol–water partition coefficient (Wildman–Crippen LogP) is 2.03. The lowest BCUT2D eigenvalue weighted by Crippen LogP contribution is -2.34. The highest BCUT2D eigenvalue weighted by Crippen LogP contribution is 2.23.